The van der Waals surface area contributed by atoms with Gasteiger partial charge in [-0.3, -0.25) is 4.79 Å². The molecular formula is C23H25F2N3O3. The number of methoxy groups -OCH3 is 1. The van der Waals surface area contributed by atoms with Gasteiger partial charge >= 0.3 is 6.61 Å². The van der Waals surface area contributed by atoms with Gasteiger partial charge in [-0.15, -0.1) is 0 Å². The zero-order valence-corrected chi connectivity index (χ0v) is 17.6. The summed E-state index contributed by atoms with van der Waals surface area (Å²) in [6.07, 6.45) is 3.82. The number of hydrogen-bond donors (Lipinski definition) is 2. The maximum Gasteiger partial charge on any atom is 0.387 e. The fraction of sp³-hybridized carbons (Fsp3) is 0.304. The van der Waals surface area contributed by atoms with Gasteiger partial charge in [0.25, 0.3) is 0 Å². The third-order valence-electron chi connectivity index (χ3n) is 5.04. The highest BCUT2D eigenvalue weighted by Crippen LogP contribution is 2.30. The summed E-state index contributed by atoms with van der Waals surface area (Å²) in [5, 5.41) is 3.01. The van der Waals surface area contributed by atoms with Crippen LogP contribution in [0.4, 0.5) is 8.78 Å². The Morgan fingerprint density at radius 2 is 2.00 bits per heavy atom. The van der Waals surface area contributed by atoms with E-state index in [1.165, 1.54) is 25.3 Å². The minimum Gasteiger partial charge on any atom is -0.493 e. The van der Waals surface area contributed by atoms with Gasteiger partial charge in [0.1, 0.15) is 5.82 Å². The number of nitrogens with one attached hydrogen (secondary N) is 2. The summed E-state index contributed by atoms with van der Waals surface area (Å²) in [5.74, 6) is 0.650. The highest BCUT2D eigenvalue weighted by atomic mass is 19.3. The van der Waals surface area contributed by atoms with Gasteiger partial charge in [0.2, 0.25) is 5.91 Å². The molecule has 0 saturated heterocycles. The summed E-state index contributed by atoms with van der Waals surface area (Å²) >= 11 is 0. The lowest BCUT2D eigenvalue weighted by molar-refractivity contribution is -0.117. The van der Waals surface area contributed by atoms with Crippen molar-refractivity contribution in [1.82, 2.24) is 15.3 Å². The Morgan fingerprint density at radius 1 is 1.23 bits per heavy atom. The van der Waals surface area contributed by atoms with E-state index in [4.69, 9.17) is 4.74 Å². The molecule has 8 heteroatoms. The average Bonchev–Trinajstić information content (AvgIpc) is 3.19. The third-order valence-corrected chi connectivity index (χ3v) is 5.04. The number of rotatable bonds is 9. The molecule has 1 aromatic heterocycles. The van der Waals surface area contributed by atoms with E-state index in [1.54, 1.807) is 12.1 Å². The van der Waals surface area contributed by atoms with Gasteiger partial charge in [-0.2, -0.15) is 8.78 Å². The van der Waals surface area contributed by atoms with Crippen LogP contribution in [-0.2, 0) is 4.79 Å². The normalized spacial score (nSPS) is 13.5. The third kappa shape index (κ3) is 5.59. The minimum absolute atomic E-state index is 0.0687. The number of imidazole rings is 1. The Bertz CT molecular complexity index is 1030. The number of carbonyl (C=O) groups is 1. The summed E-state index contributed by atoms with van der Waals surface area (Å²) in [6, 6.07) is 11.9. The van der Waals surface area contributed by atoms with Crippen molar-refractivity contribution >= 4 is 23.0 Å². The van der Waals surface area contributed by atoms with Crippen LogP contribution in [0.5, 0.6) is 11.5 Å². The summed E-state index contributed by atoms with van der Waals surface area (Å²) in [5.41, 5.74) is 2.36. The van der Waals surface area contributed by atoms with Gasteiger partial charge < -0.3 is 19.8 Å². The number of aromatic amines is 1. The van der Waals surface area contributed by atoms with Gasteiger partial charge in [0.05, 0.1) is 24.2 Å². The highest BCUT2D eigenvalue weighted by Gasteiger charge is 2.23. The number of aromatic nitrogens is 2. The topological polar surface area (TPSA) is 76.2 Å². The zero-order valence-electron chi connectivity index (χ0n) is 17.6. The molecule has 31 heavy (non-hydrogen) atoms. The van der Waals surface area contributed by atoms with Gasteiger partial charge in [-0.25, -0.2) is 4.98 Å². The Balaban J connectivity index is 1.75. The zero-order chi connectivity index (χ0) is 22.4. The van der Waals surface area contributed by atoms with Crippen LogP contribution >= 0.6 is 0 Å². The fourth-order valence-electron chi connectivity index (χ4n) is 3.19. The summed E-state index contributed by atoms with van der Waals surface area (Å²) in [6.45, 7) is 1.16. The number of amides is 1. The maximum absolute atomic E-state index is 12.6. The maximum atomic E-state index is 12.6. The molecule has 0 radical (unpaired) electrons. The molecule has 3 aromatic rings. The van der Waals surface area contributed by atoms with Crippen molar-refractivity contribution in [2.45, 2.75) is 32.9 Å². The molecule has 6 nitrogen and oxygen atoms in total. The molecule has 0 fully saturated rings. The molecule has 2 aromatic carbocycles. The smallest absolute Gasteiger partial charge is 0.387 e. The predicted octanol–water partition coefficient (Wildman–Crippen LogP) is 5.09. The number of alkyl halides is 2. The van der Waals surface area contributed by atoms with E-state index in [-0.39, 0.29) is 29.4 Å². The van der Waals surface area contributed by atoms with Crippen LogP contribution in [0, 0.1) is 5.92 Å². The van der Waals surface area contributed by atoms with Crippen LogP contribution < -0.4 is 14.8 Å². The van der Waals surface area contributed by atoms with Crippen molar-refractivity contribution in [2.24, 2.45) is 5.92 Å². The van der Waals surface area contributed by atoms with Crippen molar-refractivity contribution in [1.29, 1.82) is 0 Å². The second-order valence-electron chi connectivity index (χ2n) is 7.13. The number of fused-ring (bicyclic) bond motifs is 1. The van der Waals surface area contributed by atoms with Crippen LogP contribution in [0.25, 0.3) is 17.1 Å². The van der Waals surface area contributed by atoms with E-state index in [0.29, 0.717) is 11.4 Å². The summed E-state index contributed by atoms with van der Waals surface area (Å²) < 4.78 is 34.4. The van der Waals surface area contributed by atoms with E-state index in [1.807, 2.05) is 24.3 Å². The lowest BCUT2D eigenvalue weighted by Crippen LogP contribution is -2.32. The van der Waals surface area contributed by atoms with E-state index in [9.17, 15) is 13.6 Å². The second-order valence-corrected chi connectivity index (χ2v) is 7.13. The number of H-pyrrole nitrogens is 1. The average molecular weight is 429 g/mol. The lowest BCUT2D eigenvalue weighted by atomic mass is 9.98. The molecule has 0 saturated carbocycles. The molecule has 2 N–H and O–H groups in total. The summed E-state index contributed by atoms with van der Waals surface area (Å²) in [7, 11) is 1.36. The quantitative estimate of drug-likeness (QED) is 0.465. The molecule has 0 aliphatic carbocycles. The van der Waals surface area contributed by atoms with Crippen molar-refractivity contribution < 1.29 is 23.0 Å². The molecule has 1 heterocycles. The van der Waals surface area contributed by atoms with Crippen LogP contribution in [-0.4, -0.2) is 29.6 Å². The molecule has 164 valence electrons. The number of benzene rings is 2. The van der Waals surface area contributed by atoms with E-state index < -0.39 is 6.61 Å². The Morgan fingerprint density at radius 3 is 2.68 bits per heavy atom. The molecule has 2 atom stereocenters. The first-order valence-electron chi connectivity index (χ1n) is 9.97. The molecule has 0 aliphatic rings. The molecular weight excluding hydrogens is 404 g/mol. The molecule has 2 unspecified atom stereocenters. The van der Waals surface area contributed by atoms with Crippen LogP contribution in [0.15, 0.2) is 48.5 Å². The molecule has 3 rings (SSSR count). The fourth-order valence-corrected chi connectivity index (χ4v) is 3.19. The van der Waals surface area contributed by atoms with E-state index in [2.05, 4.69) is 33.9 Å². The first-order chi connectivity index (χ1) is 14.9. The van der Waals surface area contributed by atoms with E-state index in [0.717, 1.165) is 17.5 Å². The highest BCUT2D eigenvalue weighted by molar-refractivity contribution is 5.92. The summed E-state index contributed by atoms with van der Waals surface area (Å²) in [4.78, 5) is 20.5. The van der Waals surface area contributed by atoms with Crippen molar-refractivity contribution in [2.75, 3.05) is 7.11 Å². The number of ether oxygens (including phenoxy) is 2. The van der Waals surface area contributed by atoms with Gasteiger partial charge in [-0.05, 0) is 41.8 Å². The van der Waals surface area contributed by atoms with Gasteiger partial charge in [-0.1, -0.05) is 38.5 Å². The predicted molar refractivity (Wildman–Crippen MR) is 115 cm³/mol. The molecule has 0 spiro atoms. The first-order valence-corrected chi connectivity index (χ1v) is 9.97. The van der Waals surface area contributed by atoms with Gasteiger partial charge in [0, 0.05) is 6.08 Å². The molecule has 1 amide bonds. The second kappa shape index (κ2) is 10.1. The lowest BCUT2D eigenvalue weighted by Gasteiger charge is -2.21. The number of carbonyl (C=O) groups excluding carboxylic acids is 1. The number of halogens is 2. The largest absolute Gasteiger partial charge is 0.493 e. The minimum atomic E-state index is -2.95. The number of hydrogen-bond acceptors (Lipinski definition) is 4. The number of nitrogens with zero attached hydrogens (tertiary/aromatic N) is 1. The standard InChI is InChI=1S/C23H25F2N3O3/c1-4-14(2)21(22-26-16-7-5-6-8-17(16)27-22)28-20(29)12-10-15-9-11-18(31-23(24)25)19(13-15)30-3/h5-14,21,23H,4H2,1-3H3,(H,26,27)(H,28,29). The van der Waals surface area contributed by atoms with Crippen molar-refractivity contribution in [3.63, 3.8) is 0 Å². The Labute approximate surface area is 179 Å². The van der Waals surface area contributed by atoms with Crippen molar-refractivity contribution in [3.8, 4) is 11.5 Å². The van der Waals surface area contributed by atoms with Crippen molar-refractivity contribution in [3.05, 3.63) is 59.9 Å². The first kappa shape index (κ1) is 22.3. The van der Waals surface area contributed by atoms with Crippen LogP contribution in [0.3, 0.4) is 0 Å². The Kier molecular flexibility index (Phi) is 7.23. The number of para-hydroxylation sites is 2. The van der Waals surface area contributed by atoms with Gasteiger partial charge in [0.15, 0.2) is 11.5 Å². The molecule has 0 bridgehead atoms. The molecule has 0 aliphatic heterocycles. The monoisotopic (exact) mass is 429 g/mol. The van der Waals surface area contributed by atoms with Crippen LogP contribution in [0.1, 0.15) is 37.7 Å². The SMILES string of the molecule is CCC(C)C(NC(=O)C=Cc1ccc(OC(F)F)c(OC)c1)c1nc2ccccc2[nH]1. The van der Waals surface area contributed by atoms with E-state index >= 15 is 0 Å². The Hall–Kier alpha value is -3.42. The van der Waals surface area contributed by atoms with Crippen LogP contribution in [0.2, 0.25) is 0 Å².